The number of benzene rings is 1. The molecule has 5 nitrogen and oxygen atoms in total. The molecular weight excluding hydrogens is 392 g/mol. The number of carbonyl (C=O) groups is 2. The van der Waals surface area contributed by atoms with E-state index in [-0.39, 0.29) is 24.5 Å². The maximum atomic E-state index is 12.8. The molecule has 1 heterocycles. The van der Waals surface area contributed by atoms with Crippen LogP contribution in [0.1, 0.15) is 34.7 Å². The minimum atomic E-state index is -0.582. The van der Waals surface area contributed by atoms with Crippen LogP contribution in [0.4, 0.5) is 0 Å². The summed E-state index contributed by atoms with van der Waals surface area (Å²) in [6, 6.07) is 10.6. The molecule has 0 unspecified atom stereocenters. The van der Waals surface area contributed by atoms with Crippen LogP contribution in [0.25, 0.3) is 0 Å². The van der Waals surface area contributed by atoms with Gasteiger partial charge in [-0.3, -0.25) is 9.59 Å². The van der Waals surface area contributed by atoms with Crippen molar-refractivity contribution in [2.75, 3.05) is 18.6 Å². The molecule has 1 aromatic carbocycles. The van der Waals surface area contributed by atoms with Crippen molar-refractivity contribution in [3.8, 4) is 5.75 Å². The van der Waals surface area contributed by atoms with Gasteiger partial charge in [-0.05, 0) is 63.0 Å². The van der Waals surface area contributed by atoms with Crippen molar-refractivity contribution in [1.82, 2.24) is 10.6 Å². The third kappa shape index (κ3) is 6.87. The lowest BCUT2D eigenvalue weighted by atomic mass is 10.1. The van der Waals surface area contributed by atoms with Gasteiger partial charge in [0.25, 0.3) is 5.91 Å². The van der Waals surface area contributed by atoms with Gasteiger partial charge in [0, 0.05) is 9.75 Å². The zero-order chi connectivity index (χ0) is 20.5. The number of carbonyl (C=O) groups excluding carboxylic acids is 2. The standard InChI is InChI=1S/C21H28N2O3S2/c1-14-12-18(16(3)28-14)15(2)22-21(25)19(10-11-27-4)23-20(24)13-26-17-8-6-5-7-9-17/h5-9,12,15,19H,10-11,13H2,1-4H3,(H,22,25)(H,23,24)/t15-,19-/m1/s1. The van der Waals surface area contributed by atoms with Crippen LogP contribution in [0.15, 0.2) is 36.4 Å². The Balaban J connectivity index is 1.94. The Morgan fingerprint density at radius 2 is 1.89 bits per heavy atom. The molecule has 0 radical (unpaired) electrons. The van der Waals surface area contributed by atoms with Crippen molar-refractivity contribution in [2.24, 2.45) is 0 Å². The highest BCUT2D eigenvalue weighted by atomic mass is 32.2. The van der Waals surface area contributed by atoms with E-state index < -0.39 is 6.04 Å². The summed E-state index contributed by atoms with van der Waals surface area (Å²) < 4.78 is 5.47. The molecule has 0 spiro atoms. The highest BCUT2D eigenvalue weighted by molar-refractivity contribution is 7.98. The van der Waals surface area contributed by atoms with E-state index in [9.17, 15) is 9.59 Å². The van der Waals surface area contributed by atoms with Crippen LogP contribution in [0.2, 0.25) is 0 Å². The molecule has 7 heteroatoms. The largest absolute Gasteiger partial charge is 0.484 e. The summed E-state index contributed by atoms with van der Waals surface area (Å²) >= 11 is 3.37. The second-order valence-corrected chi connectivity index (χ2v) is 9.05. The lowest BCUT2D eigenvalue weighted by Crippen LogP contribution is -2.48. The molecular formula is C21H28N2O3S2. The molecule has 28 heavy (non-hydrogen) atoms. The molecule has 2 atom stereocenters. The number of thioether (sulfide) groups is 1. The second-order valence-electron chi connectivity index (χ2n) is 6.60. The smallest absolute Gasteiger partial charge is 0.258 e. The maximum Gasteiger partial charge on any atom is 0.258 e. The Morgan fingerprint density at radius 1 is 1.18 bits per heavy atom. The molecule has 2 amide bonds. The van der Waals surface area contributed by atoms with E-state index in [0.717, 1.165) is 11.3 Å². The first-order chi connectivity index (χ1) is 13.4. The normalized spacial score (nSPS) is 12.9. The van der Waals surface area contributed by atoms with Gasteiger partial charge in [0.1, 0.15) is 11.8 Å². The topological polar surface area (TPSA) is 67.4 Å². The van der Waals surface area contributed by atoms with Gasteiger partial charge < -0.3 is 15.4 Å². The van der Waals surface area contributed by atoms with Crippen LogP contribution in [-0.2, 0) is 9.59 Å². The van der Waals surface area contributed by atoms with Crippen molar-refractivity contribution in [3.63, 3.8) is 0 Å². The third-order valence-electron chi connectivity index (χ3n) is 4.28. The first-order valence-electron chi connectivity index (χ1n) is 9.24. The molecule has 0 aliphatic heterocycles. The van der Waals surface area contributed by atoms with Gasteiger partial charge in [-0.25, -0.2) is 0 Å². The average molecular weight is 421 g/mol. The van der Waals surface area contributed by atoms with Gasteiger partial charge >= 0.3 is 0 Å². The fourth-order valence-corrected chi connectivity index (χ4v) is 4.37. The number of thiophene rings is 1. The van der Waals surface area contributed by atoms with Gasteiger partial charge in [0.15, 0.2) is 6.61 Å². The van der Waals surface area contributed by atoms with Crippen LogP contribution in [0, 0.1) is 13.8 Å². The molecule has 0 fully saturated rings. The van der Waals surface area contributed by atoms with Crippen LogP contribution >= 0.6 is 23.1 Å². The SMILES string of the molecule is CSCC[C@@H](NC(=O)COc1ccccc1)C(=O)N[C@H](C)c1cc(C)sc1C. The number of para-hydroxylation sites is 1. The van der Waals surface area contributed by atoms with E-state index in [0.29, 0.717) is 12.2 Å². The van der Waals surface area contributed by atoms with Gasteiger partial charge in [0.2, 0.25) is 5.91 Å². The molecule has 0 bridgehead atoms. The summed E-state index contributed by atoms with van der Waals surface area (Å²) in [7, 11) is 0. The zero-order valence-electron chi connectivity index (χ0n) is 16.8. The summed E-state index contributed by atoms with van der Waals surface area (Å²) in [6.07, 6.45) is 2.55. The Kier molecular flexibility index (Phi) is 8.86. The van der Waals surface area contributed by atoms with Gasteiger partial charge in [0.05, 0.1) is 6.04 Å². The number of aryl methyl sites for hydroxylation is 2. The lowest BCUT2D eigenvalue weighted by molar-refractivity contribution is -0.130. The monoisotopic (exact) mass is 420 g/mol. The third-order valence-corrected chi connectivity index (χ3v) is 5.91. The highest BCUT2D eigenvalue weighted by Crippen LogP contribution is 2.26. The Hall–Kier alpha value is -1.99. The zero-order valence-corrected chi connectivity index (χ0v) is 18.4. The molecule has 152 valence electrons. The van der Waals surface area contributed by atoms with E-state index >= 15 is 0 Å². The molecule has 2 rings (SSSR count). The van der Waals surface area contributed by atoms with Gasteiger partial charge in [-0.2, -0.15) is 11.8 Å². The Morgan fingerprint density at radius 3 is 2.50 bits per heavy atom. The first kappa shape index (κ1) is 22.3. The van der Waals surface area contributed by atoms with Crippen molar-refractivity contribution in [3.05, 3.63) is 51.7 Å². The Labute approximate surface area is 175 Å². The van der Waals surface area contributed by atoms with E-state index in [4.69, 9.17) is 4.74 Å². The van der Waals surface area contributed by atoms with Crippen molar-refractivity contribution < 1.29 is 14.3 Å². The molecule has 0 saturated carbocycles. The fraction of sp³-hybridized carbons (Fsp3) is 0.429. The summed E-state index contributed by atoms with van der Waals surface area (Å²) in [5.74, 6) is 0.931. The quantitative estimate of drug-likeness (QED) is 0.612. The molecule has 2 N–H and O–H groups in total. The van der Waals surface area contributed by atoms with Crippen LogP contribution in [0.3, 0.4) is 0 Å². The van der Waals surface area contributed by atoms with Crippen molar-refractivity contribution in [1.29, 1.82) is 0 Å². The molecule has 2 aromatic rings. The predicted octanol–water partition coefficient (Wildman–Crippen LogP) is 3.86. The number of hydrogen-bond acceptors (Lipinski definition) is 5. The number of ether oxygens (including phenoxy) is 1. The maximum absolute atomic E-state index is 12.8. The fourth-order valence-electron chi connectivity index (χ4n) is 2.88. The molecule has 0 aliphatic carbocycles. The summed E-state index contributed by atoms with van der Waals surface area (Å²) in [5.41, 5.74) is 1.12. The minimum absolute atomic E-state index is 0.105. The summed E-state index contributed by atoms with van der Waals surface area (Å²) in [6.45, 7) is 5.97. The second kappa shape index (κ2) is 11.1. The predicted molar refractivity (Wildman–Crippen MR) is 117 cm³/mol. The molecule has 1 aromatic heterocycles. The molecule has 0 aliphatic rings. The minimum Gasteiger partial charge on any atom is -0.484 e. The van der Waals surface area contributed by atoms with E-state index in [1.54, 1.807) is 35.2 Å². The average Bonchev–Trinajstić information content (AvgIpc) is 3.02. The van der Waals surface area contributed by atoms with Crippen LogP contribution in [0.5, 0.6) is 5.75 Å². The van der Waals surface area contributed by atoms with Crippen molar-refractivity contribution in [2.45, 2.75) is 39.3 Å². The van der Waals surface area contributed by atoms with E-state index in [2.05, 4.69) is 30.5 Å². The number of hydrogen-bond donors (Lipinski definition) is 2. The van der Waals surface area contributed by atoms with Crippen LogP contribution < -0.4 is 15.4 Å². The number of rotatable bonds is 10. The lowest BCUT2D eigenvalue weighted by Gasteiger charge is -2.21. The highest BCUT2D eigenvalue weighted by Gasteiger charge is 2.23. The van der Waals surface area contributed by atoms with Crippen molar-refractivity contribution >= 4 is 34.9 Å². The summed E-state index contributed by atoms with van der Waals surface area (Å²) in [4.78, 5) is 27.5. The van der Waals surface area contributed by atoms with E-state index in [1.807, 2.05) is 31.4 Å². The summed E-state index contributed by atoms with van der Waals surface area (Å²) in [5, 5.41) is 5.85. The van der Waals surface area contributed by atoms with Gasteiger partial charge in [-0.15, -0.1) is 11.3 Å². The van der Waals surface area contributed by atoms with Gasteiger partial charge in [-0.1, -0.05) is 18.2 Å². The number of nitrogens with one attached hydrogen (secondary N) is 2. The van der Waals surface area contributed by atoms with E-state index in [1.165, 1.54) is 9.75 Å². The molecule has 0 saturated heterocycles. The van der Waals surface area contributed by atoms with Crippen LogP contribution in [-0.4, -0.2) is 36.5 Å². The number of amides is 2. The first-order valence-corrected chi connectivity index (χ1v) is 11.4. The Bertz CT molecular complexity index is 777.